The van der Waals surface area contributed by atoms with E-state index in [9.17, 15) is 8.42 Å². The van der Waals surface area contributed by atoms with Crippen LogP contribution in [0.25, 0.3) is 0 Å². The van der Waals surface area contributed by atoms with Crippen molar-refractivity contribution < 1.29 is 13.2 Å². The Bertz CT molecular complexity index is 529. The van der Waals surface area contributed by atoms with E-state index in [4.69, 9.17) is 22.7 Å². The lowest BCUT2D eigenvalue weighted by atomic mass is 10.2. The Kier molecular flexibility index (Phi) is 5.21. The van der Waals surface area contributed by atoms with Gasteiger partial charge in [-0.25, -0.2) is 13.1 Å². The summed E-state index contributed by atoms with van der Waals surface area (Å²) in [6.45, 7) is 2.00. The second-order valence-electron chi connectivity index (χ2n) is 3.84. The van der Waals surface area contributed by atoms with E-state index in [1.165, 1.54) is 13.2 Å². The van der Waals surface area contributed by atoms with Crippen LogP contribution < -0.4 is 10.5 Å². The van der Waals surface area contributed by atoms with E-state index in [1.807, 2.05) is 0 Å². The van der Waals surface area contributed by atoms with Crippen LogP contribution in [0.4, 0.5) is 0 Å². The molecular formula is C11H16N2O3S2. The van der Waals surface area contributed by atoms with Crippen LogP contribution in [0.15, 0.2) is 29.2 Å². The lowest BCUT2D eigenvalue weighted by Crippen LogP contribution is -2.36. The largest absolute Gasteiger partial charge is 0.389 e. The number of methoxy groups -OCH3 is 1. The molecule has 5 nitrogen and oxygen atoms in total. The fraction of sp³-hybridized carbons (Fsp3) is 0.364. The molecule has 7 heteroatoms. The lowest BCUT2D eigenvalue weighted by Gasteiger charge is -2.15. The number of hydrogen-bond acceptors (Lipinski definition) is 4. The third-order valence-electron chi connectivity index (χ3n) is 2.22. The van der Waals surface area contributed by atoms with Gasteiger partial charge in [0, 0.05) is 18.7 Å². The SMILES string of the molecule is COCC(C)NS(=O)(=O)c1ccccc1C(N)=S. The smallest absolute Gasteiger partial charge is 0.241 e. The molecule has 0 saturated carbocycles. The quantitative estimate of drug-likeness (QED) is 0.751. The van der Waals surface area contributed by atoms with Crippen LogP contribution >= 0.6 is 12.2 Å². The lowest BCUT2D eigenvalue weighted by molar-refractivity contribution is 0.180. The zero-order valence-electron chi connectivity index (χ0n) is 10.2. The third-order valence-corrected chi connectivity index (χ3v) is 4.08. The Morgan fingerprint density at radius 1 is 1.50 bits per heavy atom. The van der Waals surface area contributed by atoms with E-state index in [1.54, 1.807) is 25.1 Å². The molecule has 0 spiro atoms. The minimum absolute atomic E-state index is 0.0513. The van der Waals surface area contributed by atoms with E-state index in [-0.39, 0.29) is 22.5 Å². The first-order valence-electron chi connectivity index (χ1n) is 5.28. The van der Waals surface area contributed by atoms with Crippen LogP contribution in [0, 0.1) is 0 Å². The monoisotopic (exact) mass is 288 g/mol. The van der Waals surface area contributed by atoms with Gasteiger partial charge in [-0.2, -0.15) is 0 Å². The molecule has 0 saturated heterocycles. The fourth-order valence-electron chi connectivity index (χ4n) is 1.52. The summed E-state index contributed by atoms with van der Waals surface area (Å²) in [6, 6.07) is 6.02. The van der Waals surface area contributed by atoms with E-state index >= 15 is 0 Å². The van der Waals surface area contributed by atoms with Crippen molar-refractivity contribution in [3.63, 3.8) is 0 Å². The van der Waals surface area contributed by atoms with Crippen molar-refractivity contribution in [2.45, 2.75) is 17.9 Å². The summed E-state index contributed by atoms with van der Waals surface area (Å²) in [6.07, 6.45) is 0. The third kappa shape index (κ3) is 3.74. The predicted molar refractivity (Wildman–Crippen MR) is 74.0 cm³/mol. The number of benzene rings is 1. The van der Waals surface area contributed by atoms with Crippen LogP contribution in [0.2, 0.25) is 0 Å². The minimum Gasteiger partial charge on any atom is -0.389 e. The van der Waals surface area contributed by atoms with Gasteiger partial charge in [0.1, 0.15) is 4.99 Å². The molecule has 0 aliphatic heterocycles. The van der Waals surface area contributed by atoms with Crippen molar-refractivity contribution in [1.29, 1.82) is 0 Å². The first kappa shape index (κ1) is 15.0. The molecular weight excluding hydrogens is 272 g/mol. The van der Waals surface area contributed by atoms with Gasteiger partial charge >= 0.3 is 0 Å². The molecule has 3 N–H and O–H groups in total. The van der Waals surface area contributed by atoms with Gasteiger partial charge in [-0.15, -0.1) is 0 Å². The second-order valence-corrected chi connectivity index (χ2v) is 5.96. The number of rotatable bonds is 6. The summed E-state index contributed by atoms with van der Waals surface area (Å²) < 4.78 is 31.7. The maximum Gasteiger partial charge on any atom is 0.241 e. The fourth-order valence-corrected chi connectivity index (χ4v) is 3.21. The van der Waals surface area contributed by atoms with Crippen molar-refractivity contribution in [2.75, 3.05) is 13.7 Å². The Labute approximate surface area is 112 Å². The van der Waals surface area contributed by atoms with E-state index in [2.05, 4.69) is 4.72 Å². The second kappa shape index (κ2) is 6.24. The van der Waals surface area contributed by atoms with Gasteiger partial charge in [-0.1, -0.05) is 30.4 Å². The molecule has 0 aliphatic rings. The van der Waals surface area contributed by atoms with Gasteiger partial charge in [0.2, 0.25) is 10.0 Å². The molecule has 0 bridgehead atoms. The van der Waals surface area contributed by atoms with Crippen molar-refractivity contribution in [2.24, 2.45) is 5.73 Å². The summed E-state index contributed by atoms with van der Waals surface area (Å²) in [4.78, 5) is 0.135. The Morgan fingerprint density at radius 2 is 2.11 bits per heavy atom. The molecule has 1 aromatic rings. The molecule has 1 rings (SSSR count). The molecule has 100 valence electrons. The van der Waals surface area contributed by atoms with Crippen LogP contribution in [0.5, 0.6) is 0 Å². The molecule has 0 aromatic heterocycles. The van der Waals surface area contributed by atoms with Crippen molar-refractivity contribution in [1.82, 2.24) is 4.72 Å². The first-order chi connectivity index (χ1) is 8.38. The van der Waals surface area contributed by atoms with Gasteiger partial charge in [-0.3, -0.25) is 0 Å². The number of ether oxygens (including phenoxy) is 1. The van der Waals surface area contributed by atoms with Gasteiger partial charge in [0.15, 0.2) is 0 Å². The number of nitrogens with two attached hydrogens (primary N) is 1. The Hall–Kier alpha value is -1.02. The van der Waals surface area contributed by atoms with Crippen LogP contribution in [0.1, 0.15) is 12.5 Å². The standard InChI is InChI=1S/C11H16N2O3S2/c1-8(7-16-2)13-18(14,15)10-6-4-3-5-9(10)11(12)17/h3-6,8,13H,7H2,1-2H3,(H2,12,17). The van der Waals surface area contributed by atoms with Crippen molar-refractivity contribution in [3.8, 4) is 0 Å². The molecule has 0 fully saturated rings. The van der Waals surface area contributed by atoms with Crippen molar-refractivity contribution in [3.05, 3.63) is 29.8 Å². The van der Waals surface area contributed by atoms with Gasteiger partial charge in [-0.05, 0) is 13.0 Å². The molecule has 0 radical (unpaired) electrons. The van der Waals surface area contributed by atoms with E-state index in [0.29, 0.717) is 5.56 Å². The maximum atomic E-state index is 12.2. The normalized spacial score (nSPS) is 13.2. The molecule has 0 amide bonds. The van der Waals surface area contributed by atoms with Crippen LogP contribution in [0.3, 0.4) is 0 Å². The number of sulfonamides is 1. The average molecular weight is 288 g/mol. The predicted octanol–water partition coefficient (Wildman–Crippen LogP) is 0.634. The summed E-state index contributed by atoms with van der Waals surface area (Å²) in [5.41, 5.74) is 5.85. The zero-order valence-corrected chi connectivity index (χ0v) is 11.8. The van der Waals surface area contributed by atoms with E-state index in [0.717, 1.165) is 0 Å². The topological polar surface area (TPSA) is 81.4 Å². The highest BCUT2D eigenvalue weighted by molar-refractivity contribution is 7.89. The first-order valence-corrected chi connectivity index (χ1v) is 7.17. The summed E-state index contributed by atoms with van der Waals surface area (Å²) in [7, 11) is -2.15. The molecule has 18 heavy (non-hydrogen) atoms. The zero-order chi connectivity index (χ0) is 13.8. The maximum absolute atomic E-state index is 12.2. The molecule has 0 aliphatic carbocycles. The van der Waals surface area contributed by atoms with Gasteiger partial charge in [0.25, 0.3) is 0 Å². The van der Waals surface area contributed by atoms with Crippen molar-refractivity contribution >= 4 is 27.2 Å². The minimum atomic E-state index is -3.65. The highest BCUT2D eigenvalue weighted by atomic mass is 32.2. The highest BCUT2D eigenvalue weighted by Crippen LogP contribution is 2.15. The van der Waals surface area contributed by atoms with E-state index < -0.39 is 10.0 Å². The number of hydrogen-bond donors (Lipinski definition) is 2. The average Bonchev–Trinajstić information content (AvgIpc) is 2.28. The highest BCUT2D eigenvalue weighted by Gasteiger charge is 2.21. The number of nitrogens with one attached hydrogen (secondary N) is 1. The number of thiocarbonyl (C=S) groups is 1. The van der Waals surface area contributed by atoms with Gasteiger partial charge in [0.05, 0.1) is 11.5 Å². The molecule has 1 atom stereocenters. The molecule has 1 aromatic carbocycles. The molecule has 0 heterocycles. The Morgan fingerprint density at radius 3 is 2.67 bits per heavy atom. The summed E-state index contributed by atoms with van der Waals surface area (Å²) in [5, 5.41) is 0. The summed E-state index contributed by atoms with van der Waals surface area (Å²) >= 11 is 4.84. The Balaban J connectivity index is 3.09. The molecule has 1 unspecified atom stereocenters. The summed E-state index contributed by atoms with van der Waals surface area (Å²) in [5.74, 6) is 0. The van der Waals surface area contributed by atoms with Crippen LogP contribution in [-0.2, 0) is 14.8 Å². The van der Waals surface area contributed by atoms with Crippen LogP contribution in [-0.4, -0.2) is 33.2 Å². The van der Waals surface area contributed by atoms with Gasteiger partial charge < -0.3 is 10.5 Å².